The van der Waals surface area contributed by atoms with E-state index in [1.54, 1.807) is 0 Å². The van der Waals surface area contributed by atoms with Crippen LogP contribution in [0.1, 0.15) is 17.3 Å². The highest BCUT2D eigenvalue weighted by Gasteiger charge is 2.25. The summed E-state index contributed by atoms with van der Waals surface area (Å²) in [6, 6.07) is 41.4. The summed E-state index contributed by atoms with van der Waals surface area (Å²) in [5.41, 5.74) is 5.93. The van der Waals surface area contributed by atoms with Gasteiger partial charge in [-0.3, -0.25) is 4.57 Å². The van der Waals surface area contributed by atoms with E-state index in [2.05, 4.69) is 82.7 Å². The fraction of sp³-hybridized carbons (Fsp3) is 0.0303. The number of rotatable bonds is 2. The minimum atomic E-state index is -0.367. The Balaban J connectivity index is 1.41. The third-order valence-corrected chi connectivity index (χ3v) is 7.26. The molecule has 180 valence electrons. The molecule has 5 nitrogen and oxygen atoms in total. The molecule has 1 N–H and O–H groups in total. The van der Waals surface area contributed by atoms with Gasteiger partial charge in [-0.25, -0.2) is 9.98 Å². The van der Waals surface area contributed by atoms with Gasteiger partial charge in [0.2, 0.25) is 5.96 Å². The first-order valence-corrected chi connectivity index (χ1v) is 12.7. The highest BCUT2D eigenvalue weighted by Crippen LogP contribution is 2.39. The number of furan rings is 1. The van der Waals surface area contributed by atoms with Gasteiger partial charge in [0.05, 0.1) is 16.4 Å². The van der Waals surface area contributed by atoms with Gasteiger partial charge in [-0.05, 0) is 29.8 Å². The Labute approximate surface area is 218 Å². The van der Waals surface area contributed by atoms with Crippen molar-refractivity contribution in [1.82, 2.24) is 9.88 Å². The Morgan fingerprint density at radius 1 is 0.605 bits per heavy atom. The molecule has 1 atom stereocenters. The molecule has 1 aliphatic rings. The van der Waals surface area contributed by atoms with E-state index >= 15 is 0 Å². The van der Waals surface area contributed by atoms with Gasteiger partial charge in [-0.15, -0.1) is 0 Å². The molecule has 8 rings (SSSR count). The molecule has 0 radical (unpaired) electrons. The Kier molecular flexibility index (Phi) is 4.52. The first kappa shape index (κ1) is 21.0. The Morgan fingerprint density at radius 3 is 2.16 bits per heavy atom. The van der Waals surface area contributed by atoms with E-state index in [-0.39, 0.29) is 6.17 Å². The molecule has 0 spiro atoms. The number of hydrogen-bond acceptors (Lipinski definition) is 4. The molecule has 3 heterocycles. The second kappa shape index (κ2) is 8.18. The van der Waals surface area contributed by atoms with Gasteiger partial charge in [0.15, 0.2) is 6.17 Å². The fourth-order valence-electron chi connectivity index (χ4n) is 5.53. The monoisotopic (exact) mass is 490 g/mol. The summed E-state index contributed by atoms with van der Waals surface area (Å²) in [6.45, 7) is 0. The molecule has 0 saturated heterocycles. The van der Waals surface area contributed by atoms with Crippen molar-refractivity contribution in [1.29, 1.82) is 0 Å². The number of nitrogens with zero attached hydrogens (tertiary/aromatic N) is 3. The van der Waals surface area contributed by atoms with Crippen LogP contribution in [0.25, 0.3) is 43.7 Å². The van der Waals surface area contributed by atoms with E-state index in [1.807, 2.05) is 48.5 Å². The summed E-state index contributed by atoms with van der Waals surface area (Å²) in [5.74, 6) is 1.52. The average molecular weight is 491 g/mol. The fourth-order valence-corrected chi connectivity index (χ4v) is 5.53. The van der Waals surface area contributed by atoms with Crippen LogP contribution in [0.4, 0.5) is 0 Å². The molecule has 0 saturated carbocycles. The summed E-state index contributed by atoms with van der Waals surface area (Å²) in [7, 11) is 0. The molecule has 5 aromatic carbocycles. The molecule has 5 heteroatoms. The Morgan fingerprint density at radius 2 is 1.32 bits per heavy atom. The van der Waals surface area contributed by atoms with Crippen molar-refractivity contribution >= 4 is 55.5 Å². The van der Waals surface area contributed by atoms with E-state index in [1.165, 1.54) is 0 Å². The highest BCUT2D eigenvalue weighted by molar-refractivity contribution is 6.26. The van der Waals surface area contributed by atoms with Gasteiger partial charge in [0.1, 0.15) is 17.0 Å². The number of benzene rings is 5. The maximum absolute atomic E-state index is 6.46. The van der Waals surface area contributed by atoms with E-state index < -0.39 is 0 Å². The Hall–Kier alpha value is -5.16. The SMILES string of the molecule is c1ccc(C2=NC(c3ccccc3)N=C(n3c4ccccc4c4c5oc6ccccc6c5ccc43)N2)cc1. The highest BCUT2D eigenvalue weighted by atomic mass is 16.3. The molecule has 2 aromatic heterocycles. The zero-order valence-corrected chi connectivity index (χ0v) is 20.4. The minimum Gasteiger partial charge on any atom is -0.455 e. The van der Waals surface area contributed by atoms with Crippen molar-refractivity contribution in [2.75, 3.05) is 0 Å². The summed E-state index contributed by atoms with van der Waals surface area (Å²) in [6.07, 6.45) is -0.367. The summed E-state index contributed by atoms with van der Waals surface area (Å²) < 4.78 is 8.66. The van der Waals surface area contributed by atoms with Crippen molar-refractivity contribution < 1.29 is 4.42 Å². The molecule has 1 aliphatic heterocycles. The second-order valence-corrected chi connectivity index (χ2v) is 9.49. The predicted octanol–water partition coefficient (Wildman–Crippen LogP) is 7.65. The van der Waals surface area contributed by atoms with Crippen LogP contribution in [0.15, 0.2) is 136 Å². The number of fused-ring (bicyclic) bond motifs is 7. The van der Waals surface area contributed by atoms with Crippen molar-refractivity contribution in [3.05, 3.63) is 132 Å². The molecule has 0 amide bonds. The molecular formula is C33H22N4O. The third kappa shape index (κ3) is 3.12. The van der Waals surface area contributed by atoms with Crippen LogP contribution in [0.5, 0.6) is 0 Å². The van der Waals surface area contributed by atoms with Crippen LogP contribution in [0.3, 0.4) is 0 Å². The molecule has 0 bridgehead atoms. The van der Waals surface area contributed by atoms with Gasteiger partial charge in [0, 0.05) is 21.7 Å². The van der Waals surface area contributed by atoms with E-state index in [0.29, 0.717) is 0 Å². The number of aromatic nitrogens is 1. The van der Waals surface area contributed by atoms with Crippen molar-refractivity contribution in [3.63, 3.8) is 0 Å². The molecule has 0 fully saturated rings. The third-order valence-electron chi connectivity index (χ3n) is 7.26. The number of nitrogens with one attached hydrogen (secondary N) is 1. The number of hydrogen-bond donors (Lipinski definition) is 1. The van der Waals surface area contributed by atoms with Crippen molar-refractivity contribution in [3.8, 4) is 0 Å². The lowest BCUT2D eigenvalue weighted by Crippen LogP contribution is -2.39. The molecule has 0 aliphatic carbocycles. The van der Waals surface area contributed by atoms with Crippen molar-refractivity contribution in [2.45, 2.75) is 6.17 Å². The zero-order valence-electron chi connectivity index (χ0n) is 20.4. The topological polar surface area (TPSA) is 54.8 Å². The van der Waals surface area contributed by atoms with E-state index in [9.17, 15) is 0 Å². The maximum Gasteiger partial charge on any atom is 0.211 e. The van der Waals surface area contributed by atoms with E-state index in [4.69, 9.17) is 14.4 Å². The average Bonchev–Trinajstić information content (AvgIpc) is 3.53. The number of para-hydroxylation sites is 2. The predicted molar refractivity (Wildman–Crippen MR) is 155 cm³/mol. The number of amidine groups is 1. The zero-order chi connectivity index (χ0) is 25.1. The van der Waals surface area contributed by atoms with Gasteiger partial charge in [-0.2, -0.15) is 0 Å². The maximum atomic E-state index is 6.46. The lowest BCUT2D eigenvalue weighted by atomic mass is 10.1. The lowest BCUT2D eigenvalue weighted by molar-refractivity contribution is 0.673. The van der Waals surface area contributed by atoms with Crippen LogP contribution < -0.4 is 5.32 Å². The van der Waals surface area contributed by atoms with Gasteiger partial charge in [-0.1, -0.05) is 97.1 Å². The molecule has 7 aromatic rings. The van der Waals surface area contributed by atoms with Crippen LogP contribution in [0, 0.1) is 0 Å². The lowest BCUT2D eigenvalue weighted by Gasteiger charge is -2.23. The van der Waals surface area contributed by atoms with Crippen molar-refractivity contribution in [2.24, 2.45) is 9.98 Å². The smallest absolute Gasteiger partial charge is 0.211 e. The van der Waals surface area contributed by atoms with Gasteiger partial charge < -0.3 is 9.73 Å². The second-order valence-electron chi connectivity index (χ2n) is 9.49. The first-order valence-electron chi connectivity index (χ1n) is 12.7. The van der Waals surface area contributed by atoms with Crippen LogP contribution >= 0.6 is 0 Å². The molecule has 38 heavy (non-hydrogen) atoms. The molecule has 1 unspecified atom stereocenters. The Bertz CT molecular complexity index is 2050. The normalized spacial score (nSPS) is 15.6. The van der Waals surface area contributed by atoms with Crippen LogP contribution in [-0.2, 0) is 0 Å². The summed E-state index contributed by atoms with van der Waals surface area (Å²) in [4.78, 5) is 10.2. The summed E-state index contributed by atoms with van der Waals surface area (Å²) in [5, 5.41) is 8.00. The quantitative estimate of drug-likeness (QED) is 0.271. The molecular weight excluding hydrogens is 468 g/mol. The van der Waals surface area contributed by atoms with Crippen LogP contribution in [0.2, 0.25) is 0 Å². The van der Waals surface area contributed by atoms with Gasteiger partial charge >= 0.3 is 0 Å². The largest absolute Gasteiger partial charge is 0.455 e. The van der Waals surface area contributed by atoms with Gasteiger partial charge in [0.25, 0.3) is 0 Å². The van der Waals surface area contributed by atoms with Crippen LogP contribution in [-0.4, -0.2) is 16.4 Å². The van der Waals surface area contributed by atoms with E-state index in [0.717, 1.165) is 66.7 Å². The number of aliphatic imine (C=N–C) groups is 2. The first-order chi connectivity index (χ1) is 18.8. The standard InChI is InChI=1S/C33H22N4O/c1-3-11-21(12-4-1)31-34-32(22-13-5-2-6-14-22)36-33(35-31)37-26-17-9-7-16-25(26)29-27(37)20-19-24-23-15-8-10-18-28(23)38-30(24)29/h1-20,31H,(H,34,35,36). The summed E-state index contributed by atoms with van der Waals surface area (Å²) >= 11 is 0. The minimum absolute atomic E-state index is 0.367.